The van der Waals surface area contributed by atoms with Crippen LogP contribution in [0, 0.1) is 6.92 Å². The summed E-state index contributed by atoms with van der Waals surface area (Å²) in [5.74, 6) is 0.508. The van der Waals surface area contributed by atoms with Gasteiger partial charge in [-0.1, -0.05) is 0 Å². The van der Waals surface area contributed by atoms with Crippen LogP contribution in [0.15, 0.2) is 36.5 Å². The molecular weight excluding hydrogens is 373 g/mol. The summed E-state index contributed by atoms with van der Waals surface area (Å²) in [4.78, 5) is 24.3. The number of benzene rings is 1. The number of nitrogens with one attached hydrogen (secondary N) is 3. The second kappa shape index (κ2) is 7.67. The molecule has 0 aliphatic carbocycles. The summed E-state index contributed by atoms with van der Waals surface area (Å²) in [6.45, 7) is 3.82. The lowest BCUT2D eigenvalue weighted by Gasteiger charge is -2.12. The highest BCUT2D eigenvalue weighted by molar-refractivity contribution is 5.89. The molecule has 3 rings (SSSR count). The van der Waals surface area contributed by atoms with Crippen LogP contribution in [-0.4, -0.2) is 27.5 Å². The van der Waals surface area contributed by atoms with Crippen LogP contribution in [0.3, 0.4) is 0 Å². The molecule has 0 bridgehead atoms. The lowest BCUT2D eigenvalue weighted by molar-refractivity contribution is -0.137. The van der Waals surface area contributed by atoms with Crippen molar-refractivity contribution in [2.24, 2.45) is 0 Å². The Morgan fingerprint density at radius 3 is 2.57 bits per heavy atom. The first kappa shape index (κ1) is 19.3. The van der Waals surface area contributed by atoms with Crippen LogP contribution in [0.2, 0.25) is 0 Å². The molecular formula is C18H17F3N6O. The minimum Gasteiger partial charge on any atom is -0.339 e. The van der Waals surface area contributed by atoms with E-state index in [0.29, 0.717) is 17.6 Å². The predicted molar refractivity (Wildman–Crippen MR) is 99.5 cm³/mol. The number of carbonyl (C=O) groups is 1. The van der Waals surface area contributed by atoms with Gasteiger partial charge in [-0.3, -0.25) is 5.32 Å². The number of fused-ring (bicyclic) bond motifs is 1. The molecule has 10 heteroatoms. The van der Waals surface area contributed by atoms with Crippen molar-refractivity contribution in [1.29, 1.82) is 0 Å². The maximum Gasteiger partial charge on any atom is 0.416 e. The fourth-order valence-electron chi connectivity index (χ4n) is 2.52. The summed E-state index contributed by atoms with van der Waals surface area (Å²) in [6.07, 6.45) is -3.05. The van der Waals surface area contributed by atoms with Crippen molar-refractivity contribution in [3.63, 3.8) is 0 Å². The molecule has 7 nitrogen and oxygen atoms in total. The summed E-state index contributed by atoms with van der Waals surface area (Å²) < 4.78 is 39.0. The second-order valence-electron chi connectivity index (χ2n) is 5.99. The van der Waals surface area contributed by atoms with Gasteiger partial charge in [0.05, 0.1) is 11.8 Å². The van der Waals surface area contributed by atoms with Gasteiger partial charge in [-0.2, -0.15) is 13.2 Å². The number of aryl methyl sites for hydroxylation is 1. The molecule has 0 unspecified atom stereocenters. The Balaban J connectivity index is 1.88. The largest absolute Gasteiger partial charge is 0.416 e. The zero-order chi connectivity index (χ0) is 20.3. The third kappa shape index (κ3) is 4.64. The lowest BCUT2D eigenvalue weighted by atomic mass is 10.1. The van der Waals surface area contributed by atoms with E-state index in [1.165, 1.54) is 6.20 Å². The van der Waals surface area contributed by atoms with Crippen LogP contribution in [-0.2, 0) is 6.18 Å². The molecule has 2 amide bonds. The average molecular weight is 390 g/mol. The highest BCUT2D eigenvalue weighted by atomic mass is 19.4. The highest BCUT2D eigenvalue weighted by Crippen LogP contribution is 2.32. The summed E-state index contributed by atoms with van der Waals surface area (Å²) >= 11 is 0. The minimum atomic E-state index is -4.45. The van der Waals surface area contributed by atoms with E-state index >= 15 is 0 Å². The fraction of sp³-hybridized carbons (Fsp3) is 0.222. The van der Waals surface area contributed by atoms with Crippen molar-refractivity contribution in [3.8, 4) is 0 Å². The lowest BCUT2D eigenvalue weighted by Crippen LogP contribution is -2.28. The van der Waals surface area contributed by atoms with Crippen molar-refractivity contribution in [2.45, 2.75) is 20.0 Å². The van der Waals surface area contributed by atoms with Crippen molar-refractivity contribution in [1.82, 2.24) is 20.3 Å². The molecule has 0 saturated heterocycles. The molecule has 28 heavy (non-hydrogen) atoms. The zero-order valence-electron chi connectivity index (χ0n) is 15.1. The Hall–Kier alpha value is -3.43. The third-order valence-corrected chi connectivity index (χ3v) is 3.66. The number of hydrogen-bond donors (Lipinski definition) is 3. The molecule has 3 aromatic rings. The van der Waals surface area contributed by atoms with Crippen LogP contribution in [0.4, 0.5) is 35.3 Å². The molecule has 0 spiro atoms. The Bertz CT molecular complexity index is 1020. The smallest absolute Gasteiger partial charge is 0.339 e. The Morgan fingerprint density at radius 1 is 1.11 bits per heavy atom. The van der Waals surface area contributed by atoms with Crippen LogP contribution >= 0.6 is 0 Å². The van der Waals surface area contributed by atoms with Gasteiger partial charge in [-0.25, -0.2) is 19.7 Å². The van der Waals surface area contributed by atoms with E-state index in [-0.39, 0.29) is 23.0 Å². The first-order valence-corrected chi connectivity index (χ1v) is 8.39. The van der Waals surface area contributed by atoms with Crippen molar-refractivity contribution in [3.05, 3.63) is 47.7 Å². The van der Waals surface area contributed by atoms with Crippen molar-refractivity contribution >= 4 is 34.5 Å². The van der Waals surface area contributed by atoms with Gasteiger partial charge >= 0.3 is 12.2 Å². The van der Waals surface area contributed by atoms with Crippen LogP contribution in [0.5, 0.6) is 0 Å². The number of halogens is 3. The number of urea groups is 1. The molecule has 3 N–H and O–H groups in total. The quantitative estimate of drug-likeness (QED) is 0.620. The van der Waals surface area contributed by atoms with Crippen molar-refractivity contribution in [2.75, 3.05) is 17.2 Å². The Labute approximate surface area is 158 Å². The first-order chi connectivity index (χ1) is 13.2. The van der Waals surface area contributed by atoms with E-state index in [9.17, 15) is 18.0 Å². The second-order valence-corrected chi connectivity index (χ2v) is 5.99. The number of pyridine rings is 1. The molecule has 146 valence electrons. The van der Waals surface area contributed by atoms with Gasteiger partial charge in [0.15, 0.2) is 11.5 Å². The van der Waals surface area contributed by atoms with Gasteiger partial charge in [-0.15, -0.1) is 0 Å². The van der Waals surface area contributed by atoms with E-state index in [0.717, 1.165) is 12.1 Å². The fourth-order valence-corrected chi connectivity index (χ4v) is 2.52. The van der Waals surface area contributed by atoms with E-state index in [4.69, 9.17) is 0 Å². The molecule has 0 saturated carbocycles. The topological polar surface area (TPSA) is 91.8 Å². The van der Waals surface area contributed by atoms with E-state index in [1.807, 2.05) is 0 Å². The summed E-state index contributed by atoms with van der Waals surface area (Å²) in [5, 5.41) is 7.96. The number of rotatable bonds is 4. The standard InChI is InChI=1S/C18H17F3N6O/c1-3-22-17(28)27-14-5-4-13-16(25-14)26-15(9-23-13)24-12-7-10(2)6-11(8-12)18(19,20)21/h4-9H,3H2,1-2H3,(H3,22,24,25,26,27,28). The Kier molecular flexibility index (Phi) is 5.30. The number of amides is 2. The van der Waals surface area contributed by atoms with Crippen LogP contribution in [0.25, 0.3) is 11.2 Å². The number of alkyl halides is 3. The van der Waals surface area contributed by atoms with E-state index < -0.39 is 17.8 Å². The number of anilines is 3. The molecule has 2 heterocycles. The Morgan fingerprint density at radius 2 is 1.86 bits per heavy atom. The maximum absolute atomic E-state index is 13.0. The third-order valence-electron chi connectivity index (χ3n) is 3.66. The highest BCUT2D eigenvalue weighted by Gasteiger charge is 2.30. The van der Waals surface area contributed by atoms with Gasteiger partial charge in [0, 0.05) is 12.2 Å². The minimum absolute atomic E-state index is 0.230. The maximum atomic E-state index is 13.0. The number of carbonyl (C=O) groups excluding carboxylic acids is 1. The molecule has 2 aromatic heterocycles. The van der Waals surface area contributed by atoms with Crippen LogP contribution < -0.4 is 16.0 Å². The summed E-state index contributed by atoms with van der Waals surface area (Å²) in [7, 11) is 0. The van der Waals surface area contributed by atoms with E-state index in [2.05, 4.69) is 30.9 Å². The molecule has 0 aliphatic heterocycles. The predicted octanol–water partition coefficient (Wildman–Crippen LogP) is 4.24. The van der Waals surface area contributed by atoms with Gasteiger partial charge < -0.3 is 10.6 Å². The zero-order valence-corrected chi connectivity index (χ0v) is 15.1. The number of aromatic nitrogens is 3. The molecule has 0 fully saturated rings. The molecule has 0 radical (unpaired) electrons. The van der Waals surface area contributed by atoms with E-state index in [1.54, 1.807) is 32.0 Å². The first-order valence-electron chi connectivity index (χ1n) is 8.39. The molecule has 1 aromatic carbocycles. The molecule has 0 aliphatic rings. The monoisotopic (exact) mass is 390 g/mol. The summed E-state index contributed by atoms with van der Waals surface area (Å²) in [6, 6.07) is 6.44. The van der Waals surface area contributed by atoms with Crippen molar-refractivity contribution < 1.29 is 18.0 Å². The SMILES string of the molecule is CCNC(=O)Nc1ccc2ncc(Nc3cc(C)cc(C(F)(F)F)c3)nc2n1. The summed E-state index contributed by atoms with van der Waals surface area (Å²) in [5.41, 5.74) is 0.653. The van der Waals surface area contributed by atoms with Gasteiger partial charge in [0.25, 0.3) is 0 Å². The molecule has 0 atom stereocenters. The van der Waals surface area contributed by atoms with Gasteiger partial charge in [0.2, 0.25) is 0 Å². The normalized spacial score (nSPS) is 11.3. The van der Waals surface area contributed by atoms with Gasteiger partial charge in [-0.05, 0) is 49.7 Å². The van der Waals surface area contributed by atoms with Gasteiger partial charge in [0.1, 0.15) is 11.3 Å². The van der Waals surface area contributed by atoms with Crippen LogP contribution in [0.1, 0.15) is 18.1 Å². The number of nitrogens with zero attached hydrogens (tertiary/aromatic N) is 3. The number of hydrogen-bond acceptors (Lipinski definition) is 5. The average Bonchev–Trinajstić information content (AvgIpc) is 2.60.